The van der Waals surface area contributed by atoms with E-state index in [2.05, 4.69) is 5.32 Å². The SMILES string of the molecule is O=C(NCCO)C1=Cc2cc(Cl)ccc2OC=C1. The van der Waals surface area contributed by atoms with Crippen LogP contribution in [0.3, 0.4) is 0 Å². The van der Waals surface area contributed by atoms with E-state index in [-0.39, 0.29) is 19.1 Å². The molecule has 4 nitrogen and oxygen atoms in total. The third-order valence-electron chi connectivity index (χ3n) is 2.38. The predicted octanol–water partition coefficient (Wildman–Crippen LogP) is 1.74. The Morgan fingerprint density at radius 2 is 2.28 bits per heavy atom. The summed E-state index contributed by atoms with van der Waals surface area (Å²) in [6, 6.07) is 5.19. The lowest BCUT2D eigenvalue weighted by Crippen LogP contribution is -2.27. The first kappa shape index (κ1) is 12.7. The number of hydrogen-bond acceptors (Lipinski definition) is 3. The smallest absolute Gasteiger partial charge is 0.251 e. The maximum atomic E-state index is 11.8. The van der Waals surface area contributed by atoms with Gasteiger partial charge in [-0.2, -0.15) is 0 Å². The van der Waals surface area contributed by atoms with E-state index in [9.17, 15) is 4.79 Å². The predicted molar refractivity (Wildman–Crippen MR) is 69.3 cm³/mol. The van der Waals surface area contributed by atoms with Crippen LogP contribution in [0.1, 0.15) is 5.56 Å². The minimum atomic E-state index is -0.267. The summed E-state index contributed by atoms with van der Waals surface area (Å²) in [4.78, 5) is 11.8. The van der Waals surface area contributed by atoms with E-state index in [4.69, 9.17) is 21.4 Å². The number of ether oxygens (including phenoxy) is 1. The monoisotopic (exact) mass is 265 g/mol. The van der Waals surface area contributed by atoms with Crippen molar-refractivity contribution in [2.45, 2.75) is 0 Å². The number of aliphatic hydroxyl groups excluding tert-OH is 1. The number of carbonyl (C=O) groups excluding carboxylic acids is 1. The zero-order chi connectivity index (χ0) is 13.0. The summed E-state index contributed by atoms with van der Waals surface area (Å²) in [5.74, 6) is 0.373. The Kier molecular flexibility index (Phi) is 4.02. The first-order valence-electron chi connectivity index (χ1n) is 5.44. The first-order valence-corrected chi connectivity index (χ1v) is 5.82. The van der Waals surface area contributed by atoms with Crippen molar-refractivity contribution < 1.29 is 14.6 Å². The van der Waals surface area contributed by atoms with Crippen LogP contribution in [0.25, 0.3) is 6.08 Å². The van der Waals surface area contributed by atoms with Crippen molar-refractivity contribution in [2.24, 2.45) is 0 Å². The number of benzene rings is 1. The zero-order valence-corrected chi connectivity index (χ0v) is 10.3. The number of halogens is 1. The van der Waals surface area contributed by atoms with E-state index < -0.39 is 0 Å². The van der Waals surface area contributed by atoms with E-state index in [1.807, 2.05) is 0 Å². The van der Waals surface area contributed by atoms with Crippen LogP contribution >= 0.6 is 11.6 Å². The Labute approximate surface area is 110 Å². The molecule has 1 amide bonds. The number of nitrogens with one attached hydrogen (secondary N) is 1. The molecular formula is C13H12ClNO3. The van der Waals surface area contributed by atoms with E-state index in [0.29, 0.717) is 16.3 Å². The van der Waals surface area contributed by atoms with Crippen LogP contribution in [-0.4, -0.2) is 24.2 Å². The lowest BCUT2D eigenvalue weighted by Gasteiger charge is -2.04. The maximum Gasteiger partial charge on any atom is 0.251 e. The molecule has 2 rings (SSSR count). The van der Waals surface area contributed by atoms with Crippen LogP contribution in [0.2, 0.25) is 5.02 Å². The summed E-state index contributed by atoms with van der Waals surface area (Å²) in [6.45, 7) is 0.120. The Balaban J connectivity index is 2.29. The van der Waals surface area contributed by atoms with Gasteiger partial charge < -0.3 is 15.2 Å². The summed E-state index contributed by atoms with van der Waals surface area (Å²) in [6.07, 6.45) is 4.71. The highest BCUT2D eigenvalue weighted by Gasteiger charge is 2.11. The molecule has 0 saturated carbocycles. The van der Waals surface area contributed by atoms with Crippen molar-refractivity contribution in [2.75, 3.05) is 13.2 Å². The molecule has 0 unspecified atom stereocenters. The van der Waals surface area contributed by atoms with Crippen molar-refractivity contribution in [3.05, 3.63) is 46.7 Å². The van der Waals surface area contributed by atoms with Crippen LogP contribution in [-0.2, 0) is 4.79 Å². The van der Waals surface area contributed by atoms with Crippen molar-refractivity contribution >= 4 is 23.6 Å². The maximum absolute atomic E-state index is 11.8. The highest BCUT2D eigenvalue weighted by atomic mass is 35.5. The molecule has 1 aliphatic rings. The van der Waals surface area contributed by atoms with Crippen LogP contribution in [0.15, 0.2) is 36.1 Å². The Bertz CT molecular complexity index is 523. The van der Waals surface area contributed by atoms with Crippen molar-refractivity contribution in [1.82, 2.24) is 5.32 Å². The molecule has 94 valence electrons. The summed E-state index contributed by atoms with van der Waals surface area (Å²) >= 11 is 5.90. The van der Waals surface area contributed by atoms with Gasteiger partial charge in [0.15, 0.2) is 0 Å². The average Bonchev–Trinajstić information content (AvgIpc) is 2.57. The number of aliphatic hydroxyl groups is 1. The minimum absolute atomic E-state index is 0.0956. The van der Waals surface area contributed by atoms with Crippen LogP contribution in [0.4, 0.5) is 0 Å². The van der Waals surface area contributed by atoms with E-state index >= 15 is 0 Å². The number of hydrogen-bond donors (Lipinski definition) is 2. The summed E-state index contributed by atoms with van der Waals surface area (Å²) in [7, 11) is 0. The highest BCUT2D eigenvalue weighted by Crippen LogP contribution is 2.27. The molecule has 1 aliphatic heterocycles. The average molecular weight is 266 g/mol. The topological polar surface area (TPSA) is 58.6 Å². The number of carbonyl (C=O) groups is 1. The van der Waals surface area contributed by atoms with E-state index in [1.54, 1.807) is 30.4 Å². The molecule has 1 aromatic rings. The molecule has 0 saturated heterocycles. The molecule has 5 heteroatoms. The number of rotatable bonds is 3. The molecule has 0 aliphatic carbocycles. The third kappa shape index (κ3) is 2.91. The van der Waals surface area contributed by atoms with Crippen LogP contribution < -0.4 is 10.1 Å². The highest BCUT2D eigenvalue weighted by molar-refractivity contribution is 6.30. The van der Waals surface area contributed by atoms with Gasteiger partial charge >= 0.3 is 0 Å². The molecule has 0 bridgehead atoms. The second-order valence-corrected chi connectivity index (χ2v) is 4.12. The van der Waals surface area contributed by atoms with Gasteiger partial charge in [-0.1, -0.05) is 11.6 Å². The minimum Gasteiger partial charge on any atom is -0.464 e. The van der Waals surface area contributed by atoms with Crippen LogP contribution in [0, 0.1) is 0 Å². The fraction of sp³-hybridized carbons (Fsp3) is 0.154. The molecular weight excluding hydrogens is 254 g/mol. The van der Waals surface area contributed by atoms with Gasteiger partial charge in [0.2, 0.25) is 0 Å². The zero-order valence-electron chi connectivity index (χ0n) is 9.52. The number of fused-ring (bicyclic) bond motifs is 1. The lowest BCUT2D eigenvalue weighted by molar-refractivity contribution is -0.117. The van der Waals surface area contributed by atoms with E-state index in [0.717, 1.165) is 5.56 Å². The molecule has 0 aromatic heterocycles. The molecule has 1 heterocycles. The third-order valence-corrected chi connectivity index (χ3v) is 2.62. The van der Waals surface area contributed by atoms with E-state index in [1.165, 1.54) is 6.26 Å². The van der Waals surface area contributed by atoms with Gasteiger partial charge in [0.25, 0.3) is 5.91 Å². The molecule has 18 heavy (non-hydrogen) atoms. The molecule has 1 aromatic carbocycles. The molecule has 0 fully saturated rings. The van der Waals surface area contributed by atoms with Gasteiger partial charge in [-0.3, -0.25) is 4.79 Å². The van der Waals surface area contributed by atoms with Gasteiger partial charge in [-0.15, -0.1) is 0 Å². The Morgan fingerprint density at radius 3 is 3.06 bits per heavy atom. The molecule has 2 N–H and O–H groups in total. The first-order chi connectivity index (χ1) is 8.70. The molecule has 0 spiro atoms. The second-order valence-electron chi connectivity index (χ2n) is 3.68. The summed E-state index contributed by atoms with van der Waals surface area (Å²) < 4.78 is 5.37. The van der Waals surface area contributed by atoms with Gasteiger partial charge in [0.05, 0.1) is 12.9 Å². The summed E-state index contributed by atoms with van der Waals surface area (Å²) in [5.41, 5.74) is 1.19. The molecule has 0 atom stereocenters. The van der Waals surface area contributed by atoms with Gasteiger partial charge in [0, 0.05) is 22.7 Å². The van der Waals surface area contributed by atoms with Crippen molar-refractivity contribution in [3.63, 3.8) is 0 Å². The Hall–Kier alpha value is -1.78. The molecule has 0 radical (unpaired) electrons. The van der Waals surface area contributed by atoms with Gasteiger partial charge in [-0.05, 0) is 30.4 Å². The largest absolute Gasteiger partial charge is 0.464 e. The van der Waals surface area contributed by atoms with Gasteiger partial charge in [0.1, 0.15) is 5.75 Å². The normalized spacial score (nSPS) is 13.1. The Morgan fingerprint density at radius 1 is 1.44 bits per heavy atom. The quantitative estimate of drug-likeness (QED) is 0.875. The fourth-order valence-corrected chi connectivity index (χ4v) is 1.73. The lowest BCUT2D eigenvalue weighted by atomic mass is 10.1. The summed E-state index contributed by atoms with van der Waals surface area (Å²) in [5, 5.41) is 11.8. The standard InChI is InChI=1S/C13H12ClNO3/c14-11-1-2-12-10(8-11)7-9(3-6-18-12)13(17)15-4-5-16/h1-3,6-8,16H,4-5H2,(H,15,17). The van der Waals surface area contributed by atoms with Crippen molar-refractivity contribution in [1.29, 1.82) is 0 Å². The number of amides is 1. The van der Waals surface area contributed by atoms with Gasteiger partial charge in [-0.25, -0.2) is 0 Å². The van der Waals surface area contributed by atoms with Crippen molar-refractivity contribution in [3.8, 4) is 5.75 Å². The van der Waals surface area contributed by atoms with Crippen LogP contribution in [0.5, 0.6) is 5.75 Å². The fourth-order valence-electron chi connectivity index (χ4n) is 1.55. The second kappa shape index (κ2) is 5.71.